The fourth-order valence-corrected chi connectivity index (χ4v) is 2.32. The van der Waals surface area contributed by atoms with E-state index in [0.29, 0.717) is 11.3 Å². The summed E-state index contributed by atoms with van der Waals surface area (Å²) in [5, 5.41) is 12.4. The molecule has 1 atom stereocenters. The summed E-state index contributed by atoms with van der Waals surface area (Å²) in [6, 6.07) is 13.6. The third kappa shape index (κ3) is 3.30. The van der Waals surface area contributed by atoms with Crippen molar-refractivity contribution in [3.8, 4) is 5.75 Å². The van der Waals surface area contributed by atoms with Crippen LogP contribution < -0.4 is 10.1 Å². The van der Waals surface area contributed by atoms with Gasteiger partial charge in [0.2, 0.25) is 0 Å². The maximum Gasteiger partial charge on any atom is 0.330 e. The Kier molecular flexibility index (Phi) is 4.63. The number of para-hydroxylation sites is 1. The zero-order valence-electron chi connectivity index (χ0n) is 10.8. The second kappa shape index (κ2) is 6.43. The van der Waals surface area contributed by atoms with Gasteiger partial charge in [-0.15, -0.1) is 0 Å². The van der Waals surface area contributed by atoms with Crippen LogP contribution in [0.4, 0.5) is 5.69 Å². The van der Waals surface area contributed by atoms with Crippen LogP contribution in [0.5, 0.6) is 5.75 Å². The minimum absolute atomic E-state index is 0.544. The van der Waals surface area contributed by atoms with E-state index >= 15 is 0 Å². The highest BCUT2D eigenvalue weighted by Crippen LogP contribution is 2.28. The summed E-state index contributed by atoms with van der Waals surface area (Å²) in [7, 11) is 1.52. The first kappa shape index (κ1) is 14.4. The highest BCUT2D eigenvalue weighted by molar-refractivity contribution is 9.10. The van der Waals surface area contributed by atoms with E-state index in [9.17, 15) is 9.90 Å². The summed E-state index contributed by atoms with van der Waals surface area (Å²) in [5.41, 5.74) is 1.31. The normalized spacial score (nSPS) is 11.7. The van der Waals surface area contributed by atoms with Crippen molar-refractivity contribution in [3.05, 3.63) is 58.6 Å². The average Bonchev–Trinajstić information content (AvgIpc) is 2.44. The van der Waals surface area contributed by atoms with E-state index in [4.69, 9.17) is 4.74 Å². The predicted molar refractivity (Wildman–Crippen MR) is 81.1 cm³/mol. The molecular formula is C15H14BrNO3. The van der Waals surface area contributed by atoms with Crippen LogP contribution in [0.1, 0.15) is 11.6 Å². The number of rotatable bonds is 5. The molecular weight excluding hydrogens is 322 g/mol. The number of anilines is 1. The molecule has 5 heteroatoms. The number of hydrogen-bond acceptors (Lipinski definition) is 3. The first-order chi connectivity index (χ1) is 9.61. The molecule has 0 fully saturated rings. The molecule has 104 valence electrons. The lowest BCUT2D eigenvalue weighted by atomic mass is 10.1. The van der Waals surface area contributed by atoms with Crippen LogP contribution in [-0.4, -0.2) is 18.2 Å². The summed E-state index contributed by atoms with van der Waals surface area (Å²) in [6.07, 6.45) is 0. The Morgan fingerprint density at radius 1 is 1.25 bits per heavy atom. The van der Waals surface area contributed by atoms with E-state index in [1.165, 1.54) is 7.11 Å². The molecule has 0 saturated heterocycles. The second-order valence-electron chi connectivity index (χ2n) is 4.17. The van der Waals surface area contributed by atoms with Crippen molar-refractivity contribution in [2.75, 3.05) is 12.4 Å². The molecule has 2 aromatic carbocycles. The van der Waals surface area contributed by atoms with Gasteiger partial charge in [-0.25, -0.2) is 4.79 Å². The average molecular weight is 336 g/mol. The van der Waals surface area contributed by atoms with Gasteiger partial charge in [0.1, 0.15) is 5.75 Å². The molecule has 0 aliphatic heterocycles. The zero-order valence-corrected chi connectivity index (χ0v) is 12.4. The van der Waals surface area contributed by atoms with Crippen molar-refractivity contribution in [2.45, 2.75) is 6.04 Å². The lowest BCUT2D eigenvalue weighted by Crippen LogP contribution is -2.21. The van der Waals surface area contributed by atoms with E-state index in [0.717, 1.165) is 10.2 Å². The highest BCUT2D eigenvalue weighted by Gasteiger charge is 2.23. The third-order valence-corrected chi connectivity index (χ3v) is 3.33. The first-order valence-corrected chi connectivity index (χ1v) is 6.79. The van der Waals surface area contributed by atoms with Gasteiger partial charge in [0, 0.05) is 15.7 Å². The molecule has 1 unspecified atom stereocenters. The number of halogens is 1. The monoisotopic (exact) mass is 335 g/mol. The number of carboxylic acids is 1. The number of carboxylic acid groups (broad SMARTS) is 1. The standard InChI is InChI=1S/C15H14BrNO3/c1-20-13-8-3-2-7-12(13)14(15(18)19)17-11-6-4-5-10(16)9-11/h2-9,14,17H,1H3,(H,18,19). The minimum Gasteiger partial charge on any atom is -0.496 e. The Morgan fingerprint density at radius 2 is 2.00 bits per heavy atom. The van der Waals surface area contributed by atoms with Crippen LogP contribution in [0.3, 0.4) is 0 Å². The molecule has 2 rings (SSSR count). The van der Waals surface area contributed by atoms with Crippen molar-refractivity contribution in [1.82, 2.24) is 0 Å². The molecule has 0 heterocycles. The maximum absolute atomic E-state index is 11.5. The van der Waals surface area contributed by atoms with E-state index in [2.05, 4.69) is 21.2 Å². The molecule has 0 spiro atoms. The minimum atomic E-state index is -0.963. The van der Waals surface area contributed by atoms with Gasteiger partial charge in [-0.05, 0) is 24.3 Å². The van der Waals surface area contributed by atoms with E-state index in [1.54, 1.807) is 24.3 Å². The van der Waals surface area contributed by atoms with Gasteiger partial charge >= 0.3 is 5.97 Å². The summed E-state index contributed by atoms with van der Waals surface area (Å²) >= 11 is 3.36. The molecule has 0 aliphatic rings. The molecule has 0 radical (unpaired) electrons. The van der Waals surface area contributed by atoms with Crippen molar-refractivity contribution in [2.24, 2.45) is 0 Å². The van der Waals surface area contributed by atoms with E-state index < -0.39 is 12.0 Å². The molecule has 0 aliphatic carbocycles. The van der Waals surface area contributed by atoms with Crippen molar-refractivity contribution in [1.29, 1.82) is 0 Å². The number of hydrogen-bond donors (Lipinski definition) is 2. The van der Waals surface area contributed by atoms with Gasteiger partial charge < -0.3 is 15.2 Å². The van der Waals surface area contributed by atoms with Crippen LogP contribution in [-0.2, 0) is 4.79 Å². The number of carbonyl (C=O) groups is 1. The Morgan fingerprint density at radius 3 is 2.65 bits per heavy atom. The van der Waals surface area contributed by atoms with Gasteiger partial charge in [0.05, 0.1) is 7.11 Å². The molecule has 2 aromatic rings. The lowest BCUT2D eigenvalue weighted by molar-refractivity contribution is -0.138. The fourth-order valence-electron chi connectivity index (χ4n) is 1.92. The number of benzene rings is 2. The SMILES string of the molecule is COc1ccccc1C(Nc1cccc(Br)c1)C(=O)O. The Labute approximate surface area is 125 Å². The molecule has 0 bridgehead atoms. The number of nitrogens with one attached hydrogen (secondary N) is 1. The maximum atomic E-state index is 11.5. The highest BCUT2D eigenvalue weighted by atomic mass is 79.9. The Balaban J connectivity index is 2.34. The lowest BCUT2D eigenvalue weighted by Gasteiger charge is -2.18. The van der Waals surface area contributed by atoms with Gasteiger partial charge in [-0.3, -0.25) is 0 Å². The molecule has 2 N–H and O–H groups in total. The summed E-state index contributed by atoms with van der Waals surface area (Å²) in [4.78, 5) is 11.5. The molecule has 4 nitrogen and oxygen atoms in total. The Hall–Kier alpha value is -2.01. The van der Waals surface area contributed by atoms with Gasteiger partial charge in [0.25, 0.3) is 0 Å². The van der Waals surface area contributed by atoms with Crippen molar-refractivity contribution in [3.63, 3.8) is 0 Å². The smallest absolute Gasteiger partial charge is 0.330 e. The van der Waals surface area contributed by atoms with Crippen LogP contribution >= 0.6 is 15.9 Å². The summed E-state index contributed by atoms with van der Waals surface area (Å²) in [6.45, 7) is 0. The van der Waals surface area contributed by atoms with Gasteiger partial charge in [0.15, 0.2) is 6.04 Å². The quantitative estimate of drug-likeness (QED) is 0.874. The third-order valence-electron chi connectivity index (χ3n) is 2.83. The molecule has 0 amide bonds. The Bertz CT molecular complexity index is 616. The molecule has 0 aromatic heterocycles. The summed E-state index contributed by atoms with van der Waals surface area (Å²) < 4.78 is 6.11. The molecule has 20 heavy (non-hydrogen) atoms. The van der Waals surface area contributed by atoms with Crippen molar-refractivity contribution >= 4 is 27.6 Å². The first-order valence-electron chi connectivity index (χ1n) is 5.99. The number of ether oxygens (including phenoxy) is 1. The topological polar surface area (TPSA) is 58.6 Å². The van der Waals surface area contributed by atoms with Crippen LogP contribution in [0.25, 0.3) is 0 Å². The fraction of sp³-hybridized carbons (Fsp3) is 0.133. The second-order valence-corrected chi connectivity index (χ2v) is 5.08. The van der Waals surface area contributed by atoms with Crippen molar-refractivity contribution < 1.29 is 14.6 Å². The number of aliphatic carboxylic acids is 1. The van der Waals surface area contributed by atoms with Crippen LogP contribution in [0, 0.1) is 0 Å². The van der Waals surface area contributed by atoms with Crippen LogP contribution in [0.2, 0.25) is 0 Å². The summed E-state index contributed by atoms with van der Waals surface area (Å²) in [5.74, 6) is -0.420. The largest absolute Gasteiger partial charge is 0.496 e. The zero-order chi connectivity index (χ0) is 14.5. The molecule has 0 saturated carbocycles. The van der Waals surface area contributed by atoms with Crippen LogP contribution in [0.15, 0.2) is 53.0 Å². The van der Waals surface area contributed by atoms with E-state index in [1.807, 2.05) is 24.3 Å². The van der Waals surface area contributed by atoms with Gasteiger partial charge in [-0.2, -0.15) is 0 Å². The predicted octanol–water partition coefficient (Wildman–Crippen LogP) is 3.70. The van der Waals surface area contributed by atoms with E-state index in [-0.39, 0.29) is 0 Å². The van der Waals surface area contributed by atoms with Gasteiger partial charge in [-0.1, -0.05) is 40.2 Å². The number of methoxy groups -OCH3 is 1.